The van der Waals surface area contributed by atoms with Gasteiger partial charge in [0.25, 0.3) is 5.56 Å². The van der Waals surface area contributed by atoms with Gasteiger partial charge in [-0.05, 0) is 54.4 Å². The number of carbonyl (C=O) groups is 1. The number of hydrogen-bond donors (Lipinski definition) is 1. The zero-order chi connectivity index (χ0) is 27.2. The van der Waals surface area contributed by atoms with Gasteiger partial charge < -0.3 is 19.3 Å². The molecule has 9 nitrogen and oxygen atoms in total. The summed E-state index contributed by atoms with van der Waals surface area (Å²) in [6.45, 7) is 2.12. The number of ether oxygens (including phenoxy) is 3. The van der Waals surface area contributed by atoms with Gasteiger partial charge in [0.05, 0.1) is 36.9 Å². The summed E-state index contributed by atoms with van der Waals surface area (Å²) in [4.78, 5) is 29.2. The maximum atomic E-state index is 13.3. The van der Waals surface area contributed by atoms with Crippen LogP contribution in [0.2, 0.25) is 0 Å². The highest BCUT2D eigenvalue weighted by Gasteiger charge is 2.16. The molecule has 0 atom stereocenters. The van der Waals surface area contributed by atoms with Gasteiger partial charge in [0.15, 0.2) is 11.5 Å². The number of carboxylic acid groups (broad SMARTS) is 1. The number of fused-ring (bicyclic) bond motifs is 1. The molecule has 4 rings (SSSR count). The number of aromatic nitrogens is 2. The van der Waals surface area contributed by atoms with E-state index in [1.54, 1.807) is 42.5 Å². The zero-order valence-electron chi connectivity index (χ0n) is 21.1. The standard InChI is InChI=1S/C28H26BrN3O6/c1-4-6-25-31-22-10-9-20(29)14-21(22)27(33)32(25)30-15-18-12-23(36-2)26(24(13-18)37-3)38-16-17-7-5-8-19(11-17)28(34)35/h5,7-15H,4,6,16H2,1-3H3,(H,34,35). The summed E-state index contributed by atoms with van der Waals surface area (Å²) in [5, 5.41) is 14.2. The second kappa shape index (κ2) is 11.9. The molecule has 1 aromatic heterocycles. The molecule has 0 aliphatic heterocycles. The predicted octanol–water partition coefficient (Wildman–Crippen LogP) is 5.29. The summed E-state index contributed by atoms with van der Waals surface area (Å²) in [6, 6.07) is 15.3. The summed E-state index contributed by atoms with van der Waals surface area (Å²) in [5.41, 5.74) is 1.82. The third-order valence-corrected chi connectivity index (χ3v) is 6.20. The average molecular weight is 580 g/mol. The zero-order valence-corrected chi connectivity index (χ0v) is 22.7. The molecule has 1 heterocycles. The fraction of sp³-hybridized carbons (Fsp3) is 0.214. The average Bonchev–Trinajstić information content (AvgIpc) is 2.92. The Hall–Kier alpha value is -4.18. The van der Waals surface area contributed by atoms with Gasteiger partial charge in [-0.3, -0.25) is 4.79 Å². The lowest BCUT2D eigenvalue weighted by molar-refractivity contribution is 0.0696. The van der Waals surface area contributed by atoms with Gasteiger partial charge in [-0.1, -0.05) is 35.0 Å². The molecule has 0 amide bonds. The lowest BCUT2D eigenvalue weighted by atomic mass is 10.1. The third kappa shape index (κ3) is 5.86. The number of carboxylic acids is 1. The first-order chi connectivity index (χ1) is 18.3. The van der Waals surface area contributed by atoms with Gasteiger partial charge in [-0.15, -0.1) is 0 Å². The van der Waals surface area contributed by atoms with Crippen LogP contribution in [0.5, 0.6) is 17.2 Å². The quantitative estimate of drug-likeness (QED) is 0.254. The normalized spacial score (nSPS) is 11.2. The van der Waals surface area contributed by atoms with E-state index in [-0.39, 0.29) is 17.7 Å². The number of nitrogens with zero attached hydrogens (tertiary/aromatic N) is 3. The van der Waals surface area contributed by atoms with Gasteiger partial charge >= 0.3 is 5.97 Å². The van der Waals surface area contributed by atoms with Gasteiger partial charge in [-0.25, -0.2) is 9.78 Å². The number of methoxy groups -OCH3 is 2. The molecular weight excluding hydrogens is 554 g/mol. The van der Waals surface area contributed by atoms with Crippen molar-refractivity contribution in [3.63, 3.8) is 0 Å². The fourth-order valence-electron chi connectivity index (χ4n) is 3.89. The van der Waals surface area contributed by atoms with Crippen molar-refractivity contribution in [3.05, 3.63) is 91.9 Å². The van der Waals surface area contributed by atoms with Crippen LogP contribution >= 0.6 is 15.9 Å². The number of halogens is 1. The first kappa shape index (κ1) is 26.9. The van der Waals surface area contributed by atoms with Gasteiger partial charge in [0.2, 0.25) is 5.75 Å². The Morgan fingerprint density at radius 2 is 1.84 bits per heavy atom. The van der Waals surface area contributed by atoms with E-state index in [1.807, 2.05) is 13.0 Å². The molecule has 0 fully saturated rings. The molecule has 4 aromatic rings. The van der Waals surface area contributed by atoms with Crippen LogP contribution in [0.4, 0.5) is 0 Å². The molecule has 0 saturated carbocycles. The van der Waals surface area contributed by atoms with Crippen LogP contribution in [0.15, 0.2) is 69.0 Å². The van der Waals surface area contributed by atoms with E-state index in [0.29, 0.717) is 51.5 Å². The predicted molar refractivity (Wildman–Crippen MR) is 148 cm³/mol. The van der Waals surface area contributed by atoms with Crippen LogP contribution in [-0.4, -0.2) is 41.2 Å². The summed E-state index contributed by atoms with van der Waals surface area (Å²) in [6.07, 6.45) is 2.92. The molecule has 196 valence electrons. The molecular formula is C28H26BrN3O6. The number of aryl methyl sites for hydroxylation is 1. The first-order valence-corrected chi connectivity index (χ1v) is 12.6. The maximum Gasteiger partial charge on any atom is 0.335 e. The van der Waals surface area contributed by atoms with Crippen LogP contribution in [0.1, 0.15) is 40.7 Å². The first-order valence-electron chi connectivity index (χ1n) is 11.8. The van der Waals surface area contributed by atoms with Crippen LogP contribution in [-0.2, 0) is 13.0 Å². The Morgan fingerprint density at radius 1 is 1.11 bits per heavy atom. The summed E-state index contributed by atoms with van der Waals surface area (Å²) >= 11 is 3.41. The number of benzene rings is 3. The van der Waals surface area contributed by atoms with Crippen molar-refractivity contribution in [3.8, 4) is 17.2 Å². The van der Waals surface area contributed by atoms with Crippen LogP contribution in [0.25, 0.3) is 10.9 Å². The smallest absolute Gasteiger partial charge is 0.335 e. The van der Waals surface area contributed by atoms with Gasteiger partial charge in [0.1, 0.15) is 12.4 Å². The molecule has 0 aliphatic carbocycles. The molecule has 0 unspecified atom stereocenters. The highest BCUT2D eigenvalue weighted by molar-refractivity contribution is 9.10. The molecule has 0 aliphatic rings. The van der Waals surface area contributed by atoms with E-state index in [4.69, 9.17) is 14.2 Å². The van der Waals surface area contributed by atoms with E-state index in [1.165, 1.54) is 31.2 Å². The van der Waals surface area contributed by atoms with Crippen molar-refractivity contribution in [2.45, 2.75) is 26.4 Å². The van der Waals surface area contributed by atoms with E-state index >= 15 is 0 Å². The Kier molecular flexibility index (Phi) is 8.42. The van der Waals surface area contributed by atoms with Crippen molar-refractivity contribution in [1.82, 2.24) is 9.66 Å². The van der Waals surface area contributed by atoms with Gasteiger partial charge in [0, 0.05) is 16.5 Å². The second-order valence-corrected chi connectivity index (χ2v) is 9.27. The molecule has 0 saturated heterocycles. The number of aromatic carboxylic acids is 1. The van der Waals surface area contributed by atoms with E-state index in [0.717, 1.165) is 10.9 Å². The summed E-state index contributed by atoms with van der Waals surface area (Å²) in [7, 11) is 3.01. The maximum absolute atomic E-state index is 13.3. The van der Waals surface area contributed by atoms with Gasteiger partial charge in [-0.2, -0.15) is 9.78 Å². The lowest BCUT2D eigenvalue weighted by Crippen LogP contribution is -2.22. The minimum Gasteiger partial charge on any atom is -0.493 e. The van der Waals surface area contributed by atoms with Crippen LogP contribution in [0, 0.1) is 0 Å². The molecule has 0 spiro atoms. The van der Waals surface area contributed by atoms with E-state index in [2.05, 4.69) is 26.0 Å². The molecule has 3 aromatic carbocycles. The molecule has 0 radical (unpaired) electrons. The molecule has 38 heavy (non-hydrogen) atoms. The third-order valence-electron chi connectivity index (χ3n) is 5.71. The highest BCUT2D eigenvalue weighted by atomic mass is 79.9. The van der Waals surface area contributed by atoms with E-state index in [9.17, 15) is 14.7 Å². The Bertz CT molecular complexity index is 1560. The van der Waals surface area contributed by atoms with E-state index < -0.39 is 5.97 Å². The Labute approximate surface area is 227 Å². The Morgan fingerprint density at radius 3 is 2.50 bits per heavy atom. The minimum absolute atomic E-state index is 0.107. The van der Waals surface area contributed by atoms with Crippen LogP contribution < -0.4 is 19.8 Å². The van der Waals surface area contributed by atoms with Crippen LogP contribution in [0.3, 0.4) is 0 Å². The Balaban J connectivity index is 1.68. The van der Waals surface area contributed by atoms with Crippen molar-refractivity contribution < 1.29 is 24.1 Å². The minimum atomic E-state index is -1.01. The SMILES string of the molecule is CCCc1nc2ccc(Br)cc2c(=O)n1N=Cc1cc(OC)c(OCc2cccc(C(=O)O)c2)c(OC)c1. The second-order valence-electron chi connectivity index (χ2n) is 8.35. The molecule has 10 heteroatoms. The lowest BCUT2D eigenvalue weighted by Gasteiger charge is -2.15. The topological polar surface area (TPSA) is 112 Å². The fourth-order valence-corrected chi connectivity index (χ4v) is 4.25. The summed E-state index contributed by atoms with van der Waals surface area (Å²) in [5.74, 6) is 0.685. The highest BCUT2D eigenvalue weighted by Crippen LogP contribution is 2.38. The number of rotatable bonds is 10. The number of hydrogen-bond acceptors (Lipinski definition) is 7. The summed E-state index contributed by atoms with van der Waals surface area (Å²) < 4.78 is 19.1. The molecule has 0 bridgehead atoms. The van der Waals surface area contributed by atoms with Crippen molar-refractivity contribution in [1.29, 1.82) is 0 Å². The van der Waals surface area contributed by atoms with Crippen molar-refractivity contribution >= 4 is 39.0 Å². The van der Waals surface area contributed by atoms with Crippen molar-refractivity contribution in [2.24, 2.45) is 5.10 Å². The largest absolute Gasteiger partial charge is 0.493 e. The van der Waals surface area contributed by atoms with Crippen molar-refractivity contribution in [2.75, 3.05) is 14.2 Å². The molecule has 1 N–H and O–H groups in total. The monoisotopic (exact) mass is 579 g/mol.